The Hall–Kier alpha value is -6.95. The first kappa shape index (κ1) is 61.1. The van der Waals surface area contributed by atoms with Gasteiger partial charge in [-0.25, -0.2) is 35.1 Å². The Morgan fingerprint density at radius 3 is 0.929 bits per heavy atom. The molecule has 7 aromatic rings. The first-order chi connectivity index (χ1) is 32.4. The lowest BCUT2D eigenvalue weighted by atomic mass is 10.1. The highest BCUT2D eigenvalue weighted by atomic mass is 19.4. The van der Waals surface area contributed by atoms with Gasteiger partial charge in [-0.15, -0.1) is 0 Å². The summed E-state index contributed by atoms with van der Waals surface area (Å²) in [5.74, 6) is -8.07. The molecule has 0 saturated heterocycles. The van der Waals surface area contributed by atoms with Gasteiger partial charge >= 0.3 is 12.4 Å². The summed E-state index contributed by atoms with van der Waals surface area (Å²) in [5.41, 5.74) is 5.46. The minimum atomic E-state index is -4.22. The summed E-state index contributed by atoms with van der Waals surface area (Å²) in [4.78, 5) is 0. The van der Waals surface area contributed by atoms with Crippen LogP contribution in [-0.2, 0) is 12.4 Å². The van der Waals surface area contributed by atoms with Gasteiger partial charge in [0.25, 0.3) is 0 Å². The van der Waals surface area contributed by atoms with Crippen LogP contribution in [0, 0.1) is 127 Å². The topological polar surface area (TPSA) is 23.8 Å². The van der Waals surface area contributed by atoms with E-state index in [1.165, 1.54) is 53.9 Å². The number of nitriles is 1. The van der Waals surface area contributed by atoms with Gasteiger partial charge in [-0.2, -0.15) is 31.6 Å². The van der Waals surface area contributed by atoms with Crippen molar-refractivity contribution in [1.82, 2.24) is 0 Å². The maximum absolute atomic E-state index is 12.7. The second-order valence-corrected chi connectivity index (χ2v) is 15.6. The zero-order valence-electron chi connectivity index (χ0n) is 39.9. The number of aryl methyl sites for hydroxylation is 7. The normalized spacial score (nSPS) is 10.3. The van der Waals surface area contributed by atoms with E-state index in [-0.39, 0.29) is 11.4 Å². The highest BCUT2D eigenvalue weighted by Crippen LogP contribution is 2.31. The molecule has 374 valence electrons. The predicted octanol–water partition coefficient (Wildman–Crippen LogP) is 17.9. The lowest BCUT2D eigenvalue weighted by molar-refractivity contribution is -0.138. The predicted molar refractivity (Wildman–Crippen MR) is 247 cm³/mol. The Morgan fingerprint density at radius 1 is 0.329 bits per heavy atom. The van der Waals surface area contributed by atoms with Crippen molar-refractivity contribution < 1.29 is 61.5 Å². The van der Waals surface area contributed by atoms with Crippen molar-refractivity contribution in [3.63, 3.8) is 0 Å². The molecule has 0 atom stereocenters. The fourth-order valence-corrected chi connectivity index (χ4v) is 4.92. The molecule has 0 spiro atoms. The lowest BCUT2D eigenvalue weighted by Crippen LogP contribution is -2.05. The van der Waals surface area contributed by atoms with Gasteiger partial charge in [-0.05, 0) is 129 Å². The van der Waals surface area contributed by atoms with Crippen LogP contribution in [0.25, 0.3) is 0 Å². The van der Waals surface area contributed by atoms with Crippen LogP contribution >= 0.6 is 0 Å². The van der Waals surface area contributed by atoms with Crippen molar-refractivity contribution in [2.75, 3.05) is 0 Å². The van der Waals surface area contributed by atoms with Crippen LogP contribution in [0.2, 0.25) is 0 Å². The number of rotatable bonds is 0. The van der Waals surface area contributed by atoms with E-state index in [0.717, 1.165) is 60.4 Å². The largest absolute Gasteiger partial charge is 0.416 e. The number of hydrogen-bond donors (Lipinski definition) is 0. The highest BCUT2D eigenvalue weighted by molar-refractivity contribution is 5.32. The molecule has 0 aliphatic rings. The second-order valence-electron chi connectivity index (χ2n) is 15.6. The molecule has 0 N–H and O–H groups in total. The van der Waals surface area contributed by atoms with Gasteiger partial charge in [-0.3, -0.25) is 0 Å². The number of alkyl halides is 6. The summed E-state index contributed by atoms with van der Waals surface area (Å²) in [6.07, 6.45) is -8.44. The molecule has 0 amide bonds. The second kappa shape index (κ2) is 28.5. The van der Waals surface area contributed by atoms with E-state index in [9.17, 15) is 61.5 Å². The van der Waals surface area contributed by atoms with E-state index in [0.29, 0.717) is 17.7 Å². The van der Waals surface area contributed by atoms with Crippen molar-refractivity contribution in [3.8, 4) is 6.07 Å². The summed E-state index contributed by atoms with van der Waals surface area (Å²) in [6.45, 7) is 16.6. The van der Waals surface area contributed by atoms with Crippen molar-refractivity contribution in [2.45, 2.75) is 81.6 Å². The average Bonchev–Trinajstić information content (AvgIpc) is 3.30. The third kappa shape index (κ3) is 22.0. The van der Waals surface area contributed by atoms with Gasteiger partial charge in [0.15, 0.2) is 23.3 Å². The van der Waals surface area contributed by atoms with Crippen LogP contribution in [0.4, 0.5) is 61.5 Å². The Labute approximate surface area is 399 Å². The molecule has 0 unspecified atom stereocenters. The van der Waals surface area contributed by atoms with Crippen molar-refractivity contribution >= 4 is 0 Å². The van der Waals surface area contributed by atoms with Crippen molar-refractivity contribution in [3.05, 3.63) is 246 Å². The van der Waals surface area contributed by atoms with Crippen LogP contribution in [0.5, 0.6) is 0 Å². The monoisotopic (exact) mass is 991 g/mol. The molecule has 0 radical (unpaired) electrons. The smallest absolute Gasteiger partial charge is 0.207 e. The molecule has 0 aliphatic heterocycles. The number of halogens is 14. The van der Waals surface area contributed by atoms with Crippen LogP contribution in [-0.4, -0.2) is 0 Å². The summed E-state index contributed by atoms with van der Waals surface area (Å²) in [6, 6.07) is 34.5. The molecule has 0 fully saturated rings. The summed E-state index contributed by atoms with van der Waals surface area (Å²) in [7, 11) is 0. The molecule has 7 aromatic carbocycles. The Balaban J connectivity index is 0.000000410. The zero-order valence-corrected chi connectivity index (χ0v) is 39.9. The van der Waals surface area contributed by atoms with Crippen LogP contribution in [0.15, 0.2) is 127 Å². The Bertz CT molecular complexity index is 2520. The van der Waals surface area contributed by atoms with E-state index < -0.39 is 75.3 Å². The summed E-state index contributed by atoms with van der Waals surface area (Å²) >= 11 is 0. The average molecular weight is 992 g/mol. The van der Waals surface area contributed by atoms with Crippen molar-refractivity contribution in [2.24, 2.45) is 0 Å². The molecule has 0 aromatic heterocycles. The van der Waals surface area contributed by atoms with E-state index in [4.69, 9.17) is 5.26 Å². The van der Waals surface area contributed by atoms with E-state index in [1.54, 1.807) is 32.9 Å². The summed E-state index contributed by atoms with van der Waals surface area (Å²) in [5, 5.41) is 8.38. The quantitative estimate of drug-likeness (QED) is 0.110. The standard InChI is InChI=1S/C9H9F3.C8H6F4.C8H7F3.C8H7N.C8H10.C7H5F3.C7H7F/c1-6-3-4-8(5-7(6)2)9(10,11)12;1-3-5(9)7(11)4(2)8(12)6(3)10;1-6-2-4-7(5-3-6)8(9,10)11;1-7-2-4-8(6-9)5-3-7;1-7-3-5-8(2)6-4-7;1-4-6(9)2-5(8)3-7(4)10;1-6-2-4-7(8)5-3-6/h3-5H,1-2H3;1-2H3;2-5H,1H3;2-5H,1H3;3-6H,1-2H3;2-3H,1H3;2-5H,1H3. The first-order valence-corrected chi connectivity index (χ1v) is 20.8. The van der Waals surface area contributed by atoms with Gasteiger partial charge in [0, 0.05) is 28.8 Å². The van der Waals surface area contributed by atoms with E-state index in [1.807, 2.05) is 38.1 Å². The Kier molecular flexibility index (Phi) is 24.9. The molecule has 7 rings (SSSR count). The highest BCUT2D eigenvalue weighted by Gasteiger charge is 2.30. The molecule has 15 heteroatoms. The number of benzene rings is 7. The van der Waals surface area contributed by atoms with Crippen molar-refractivity contribution in [1.29, 1.82) is 5.26 Å². The maximum Gasteiger partial charge on any atom is 0.416 e. The number of nitrogens with zero attached hydrogens (tertiary/aromatic N) is 1. The van der Waals surface area contributed by atoms with E-state index in [2.05, 4.69) is 44.2 Å². The molecule has 70 heavy (non-hydrogen) atoms. The lowest BCUT2D eigenvalue weighted by Gasteiger charge is -2.08. The van der Waals surface area contributed by atoms with Gasteiger partial charge in [0.05, 0.1) is 22.8 Å². The van der Waals surface area contributed by atoms with Crippen LogP contribution in [0.1, 0.15) is 72.3 Å². The van der Waals surface area contributed by atoms with Gasteiger partial charge < -0.3 is 0 Å². The van der Waals surface area contributed by atoms with Gasteiger partial charge in [0.1, 0.15) is 23.3 Å². The molecule has 0 bridgehead atoms. The fourth-order valence-electron chi connectivity index (χ4n) is 4.92. The SMILES string of the molecule is Cc1c(F)c(F)c(C)c(F)c1F.Cc1c(F)cc(F)cc1F.Cc1ccc(C#N)cc1.Cc1ccc(C(F)(F)F)cc1.Cc1ccc(C(F)(F)F)cc1C.Cc1ccc(C)cc1.Cc1ccc(F)cc1. The fraction of sp³-hybridized carbons (Fsp3) is 0.218. The molecular weight excluding hydrogens is 941 g/mol. The van der Waals surface area contributed by atoms with E-state index >= 15 is 0 Å². The Morgan fingerprint density at radius 2 is 0.629 bits per heavy atom. The molecule has 1 nitrogen and oxygen atoms in total. The third-order valence-corrected chi connectivity index (χ3v) is 9.57. The van der Waals surface area contributed by atoms with Crippen LogP contribution in [0.3, 0.4) is 0 Å². The number of hydrogen-bond acceptors (Lipinski definition) is 1. The third-order valence-electron chi connectivity index (χ3n) is 9.57. The van der Waals surface area contributed by atoms with Gasteiger partial charge in [0.2, 0.25) is 0 Å². The molecule has 0 saturated carbocycles. The molecule has 0 aliphatic carbocycles. The molecule has 0 heterocycles. The first-order valence-electron chi connectivity index (χ1n) is 20.8. The minimum absolute atomic E-state index is 0.151. The minimum Gasteiger partial charge on any atom is -0.207 e. The van der Waals surface area contributed by atoms with Gasteiger partial charge in [-0.1, -0.05) is 94.5 Å². The summed E-state index contributed by atoms with van der Waals surface area (Å²) < 4.78 is 172. The maximum atomic E-state index is 12.7. The molecular formula is C55H51F14N. The zero-order chi connectivity index (χ0) is 53.7. The van der Waals surface area contributed by atoms with Crippen LogP contribution < -0.4 is 0 Å².